The molecule has 1 N–H and O–H groups in total. The third kappa shape index (κ3) is 4.01. The second-order valence-electron chi connectivity index (χ2n) is 4.72. The second kappa shape index (κ2) is 7.21. The van der Waals surface area contributed by atoms with Gasteiger partial charge in [-0.2, -0.15) is 0 Å². The lowest BCUT2D eigenvalue weighted by molar-refractivity contribution is -0.134. The summed E-state index contributed by atoms with van der Waals surface area (Å²) in [6, 6.07) is 5.72. The molecule has 5 heteroatoms. The summed E-state index contributed by atoms with van der Waals surface area (Å²) < 4.78 is 5.09. The molecule has 0 unspecified atom stereocenters. The van der Waals surface area contributed by atoms with Gasteiger partial charge in [-0.25, -0.2) is 0 Å². The normalized spacial score (nSPS) is 18.5. The van der Waals surface area contributed by atoms with Crippen molar-refractivity contribution in [2.24, 2.45) is 0 Å². The zero-order valence-electron chi connectivity index (χ0n) is 11.3. The van der Waals surface area contributed by atoms with Crippen molar-refractivity contribution in [2.75, 3.05) is 26.8 Å². The number of amides is 1. The molecule has 2 heterocycles. The highest BCUT2D eigenvalue weighted by Gasteiger charge is 2.26. The van der Waals surface area contributed by atoms with Crippen molar-refractivity contribution in [3.63, 3.8) is 0 Å². The number of nitrogens with zero attached hydrogens (tertiary/aromatic N) is 2. The maximum Gasteiger partial charge on any atom is 0.240 e. The van der Waals surface area contributed by atoms with E-state index in [0.29, 0.717) is 19.7 Å². The highest BCUT2D eigenvalue weighted by Crippen LogP contribution is 2.11. The Labute approximate surface area is 114 Å². The number of hydrogen-bond acceptors (Lipinski definition) is 4. The molecular formula is C14H21N3O2. The van der Waals surface area contributed by atoms with Crippen LogP contribution in [0.15, 0.2) is 24.4 Å². The molecule has 1 atom stereocenters. The van der Waals surface area contributed by atoms with E-state index in [0.717, 1.165) is 25.1 Å². The summed E-state index contributed by atoms with van der Waals surface area (Å²) in [7, 11) is 1.65. The van der Waals surface area contributed by atoms with Gasteiger partial charge >= 0.3 is 0 Å². The summed E-state index contributed by atoms with van der Waals surface area (Å²) >= 11 is 0. The van der Waals surface area contributed by atoms with E-state index >= 15 is 0 Å². The Morgan fingerprint density at radius 1 is 1.58 bits per heavy atom. The molecule has 1 aliphatic rings. The quantitative estimate of drug-likeness (QED) is 0.825. The predicted molar refractivity (Wildman–Crippen MR) is 72.6 cm³/mol. The molecule has 104 valence electrons. The minimum Gasteiger partial charge on any atom is -0.383 e. The molecule has 1 fully saturated rings. The Balaban J connectivity index is 2.00. The number of carbonyl (C=O) groups is 1. The number of pyridine rings is 1. The first-order valence-electron chi connectivity index (χ1n) is 6.72. The molecule has 1 amide bonds. The Hall–Kier alpha value is -1.46. The zero-order chi connectivity index (χ0) is 13.5. The largest absolute Gasteiger partial charge is 0.383 e. The number of ether oxygens (including phenoxy) is 1. The van der Waals surface area contributed by atoms with Crippen molar-refractivity contribution >= 4 is 5.91 Å². The maximum atomic E-state index is 12.4. The van der Waals surface area contributed by atoms with Gasteiger partial charge in [-0.15, -0.1) is 0 Å². The van der Waals surface area contributed by atoms with E-state index in [1.807, 2.05) is 23.1 Å². The molecule has 1 aliphatic heterocycles. The number of hydrogen-bond donors (Lipinski definition) is 1. The van der Waals surface area contributed by atoms with Crippen LogP contribution in [0.2, 0.25) is 0 Å². The first-order chi connectivity index (χ1) is 9.31. The fourth-order valence-electron chi connectivity index (χ4n) is 2.27. The summed E-state index contributed by atoms with van der Waals surface area (Å²) in [4.78, 5) is 18.5. The van der Waals surface area contributed by atoms with Gasteiger partial charge in [-0.05, 0) is 31.5 Å². The molecule has 19 heavy (non-hydrogen) atoms. The van der Waals surface area contributed by atoms with Crippen LogP contribution in [0, 0.1) is 0 Å². The molecule has 0 aromatic carbocycles. The van der Waals surface area contributed by atoms with Crippen LogP contribution in [0.3, 0.4) is 0 Å². The molecule has 1 aromatic rings. The molecule has 0 aliphatic carbocycles. The lowest BCUT2D eigenvalue weighted by Crippen LogP contribution is -2.44. The van der Waals surface area contributed by atoms with Gasteiger partial charge in [0, 0.05) is 19.9 Å². The maximum absolute atomic E-state index is 12.4. The number of methoxy groups -OCH3 is 1. The summed E-state index contributed by atoms with van der Waals surface area (Å²) in [5.41, 5.74) is 0.907. The highest BCUT2D eigenvalue weighted by molar-refractivity contribution is 5.82. The van der Waals surface area contributed by atoms with Crippen molar-refractivity contribution in [3.8, 4) is 0 Å². The molecule has 0 saturated carbocycles. The molecular weight excluding hydrogens is 242 g/mol. The van der Waals surface area contributed by atoms with Gasteiger partial charge in [0.15, 0.2) is 0 Å². The Morgan fingerprint density at radius 2 is 2.47 bits per heavy atom. The van der Waals surface area contributed by atoms with E-state index in [1.165, 1.54) is 0 Å². The van der Waals surface area contributed by atoms with Gasteiger partial charge in [0.2, 0.25) is 5.91 Å². The van der Waals surface area contributed by atoms with Crippen molar-refractivity contribution in [2.45, 2.75) is 25.4 Å². The van der Waals surface area contributed by atoms with Gasteiger partial charge < -0.3 is 15.0 Å². The summed E-state index contributed by atoms with van der Waals surface area (Å²) in [5, 5.41) is 3.25. The average molecular weight is 263 g/mol. The third-order valence-electron chi connectivity index (χ3n) is 3.31. The van der Waals surface area contributed by atoms with Crippen LogP contribution in [0.4, 0.5) is 0 Å². The van der Waals surface area contributed by atoms with E-state index in [-0.39, 0.29) is 11.9 Å². The molecule has 1 saturated heterocycles. The van der Waals surface area contributed by atoms with E-state index in [4.69, 9.17) is 4.74 Å². The molecule has 0 bridgehead atoms. The Bertz CT molecular complexity index is 391. The van der Waals surface area contributed by atoms with Crippen LogP contribution in [-0.4, -0.2) is 48.6 Å². The van der Waals surface area contributed by atoms with Crippen molar-refractivity contribution in [1.82, 2.24) is 15.2 Å². The fraction of sp³-hybridized carbons (Fsp3) is 0.571. The first-order valence-corrected chi connectivity index (χ1v) is 6.72. The lowest BCUT2D eigenvalue weighted by Gasteiger charge is -2.25. The van der Waals surface area contributed by atoms with Crippen molar-refractivity contribution in [3.05, 3.63) is 30.1 Å². The van der Waals surface area contributed by atoms with Gasteiger partial charge in [0.25, 0.3) is 0 Å². The van der Waals surface area contributed by atoms with E-state index < -0.39 is 0 Å². The van der Waals surface area contributed by atoms with Gasteiger partial charge in [0.1, 0.15) is 0 Å². The smallest absolute Gasteiger partial charge is 0.240 e. The number of carbonyl (C=O) groups excluding carboxylic acids is 1. The molecule has 2 rings (SSSR count). The SMILES string of the molecule is COCCN(Cc1ccccn1)C(=O)[C@H]1CCCN1. The Morgan fingerprint density at radius 3 is 3.11 bits per heavy atom. The van der Waals surface area contributed by atoms with E-state index in [1.54, 1.807) is 13.3 Å². The minimum atomic E-state index is -0.0411. The number of nitrogens with one attached hydrogen (secondary N) is 1. The molecule has 1 aromatic heterocycles. The van der Waals surface area contributed by atoms with Crippen molar-refractivity contribution in [1.29, 1.82) is 0 Å². The second-order valence-corrected chi connectivity index (χ2v) is 4.72. The molecule has 0 spiro atoms. The minimum absolute atomic E-state index is 0.0411. The number of aromatic nitrogens is 1. The van der Waals surface area contributed by atoms with Crippen LogP contribution in [-0.2, 0) is 16.1 Å². The predicted octanol–water partition coefficient (Wildman–Crippen LogP) is 0.809. The monoisotopic (exact) mass is 263 g/mol. The summed E-state index contributed by atoms with van der Waals surface area (Å²) in [6.07, 6.45) is 3.74. The summed E-state index contributed by atoms with van der Waals surface area (Å²) in [6.45, 7) is 2.62. The van der Waals surface area contributed by atoms with Crippen LogP contribution in [0.1, 0.15) is 18.5 Å². The Kier molecular flexibility index (Phi) is 5.30. The standard InChI is InChI=1S/C14H21N3O2/c1-19-10-9-17(11-12-5-2-3-7-15-12)14(18)13-6-4-8-16-13/h2-3,5,7,13,16H,4,6,8-11H2,1H3/t13-/m1/s1. The first kappa shape index (κ1) is 14.0. The third-order valence-corrected chi connectivity index (χ3v) is 3.31. The van der Waals surface area contributed by atoms with Crippen molar-refractivity contribution < 1.29 is 9.53 Å². The fourth-order valence-corrected chi connectivity index (χ4v) is 2.27. The van der Waals surface area contributed by atoms with Crippen LogP contribution in [0.25, 0.3) is 0 Å². The van der Waals surface area contributed by atoms with Gasteiger partial charge in [-0.3, -0.25) is 9.78 Å². The van der Waals surface area contributed by atoms with Crippen LogP contribution in [0.5, 0.6) is 0 Å². The van der Waals surface area contributed by atoms with E-state index in [2.05, 4.69) is 10.3 Å². The highest BCUT2D eigenvalue weighted by atomic mass is 16.5. The van der Waals surface area contributed by atoms with Crippen LogP contribution >= 0.6 is 0 Å². The average Bonchev–Trinajstić information content (AvgIpc) is 2.98. The van der Waals surface area contributed by atoms with E-state index in [9.17, 15) is 4.79 Å². The van der Waals surface area contributed by atoms with Crippen LogP contribution < -0.4 is 5.32 Å². The lowest BCUT2D eigenvalue weighted by atomic mass is 10.2. The summed E-state index contributed by atoms with van der Waals surface area (Å²) in [5.74, 6) is 0.153. The zero-order valence-corrected chi connectivity index (χ0v) is 11.3. The molecule has 0 radical (unpaired) electrons. The molecule has 5 nitrogen and oxygen atoms in total. The number of rotatable bonds is 6. The van der Waals surface area contributed by atoms with Gasteiger partial charge in [0.05, 0.1) is 24.9 Å². The van der Waals surface area contributed by atoms with Gasteiger partial charge in [-0.1, -0.05) is 6.07 Å². The topological polar surface area (TPSA) is 54.5 Å².